The molecule has 1 atom stereocenters. The molecular weight excluding hydrogens is 333 g/mol. The van der Waals surface area contributed by atoms with Crippen molar-refractivity contribution >= 4 is 17.3 Å². The molecule has 2 aromatic heterocycles. The Labute approximate surface area is 143 Å². The van der Waals surface area contributed by atoms with Crippen LogP contribution in [0.2, 0.25) is 0 Å². The van der Waals surface area contributed by atoms with Crippen LogP contribution in [0.4, 0.5) is 5.95 Å². The van der Waals surface area contributed by atoms with Crippen molar-refractivity contribution in [1.29, 1.82) is 0 Å². The van der Waals surface area contributed by atoms with E-state index in [1.54, 1.807) is 11.3 Å². The van der Waals surface area contributed by atoms with Gasteiger partial charge in [0.1, 0.15) is 5.82 Å². The quantitative estimate of drug-likeness (QED) is 0.859. The number of hydrogen-bond acceptors (Lipinski definition) is 5. The summed E-state index contributed by atoms with van der Waals surface area (Å²) in [5.41, 5.74) is 0. The minimum atomic E-state index is 0. The standard InChI is InChI=1S/C13H17N4S.Y/c1-8(2)12-15-10(4)16-13(17-12)14-9(3)11-6-5-7-18-11;/h5-7,9H,1-4H3,(H,14,15,16,17);/q-1;. The van der Waals surface area contributed by atoms with Gasteiger partial charge >= 0.3 is 0 Å². The fraction of sp³-hybridized carbons (Fsp3) is 0.385. The SMILES string of the molecule is Cc1nc(NC(C)c2cccs2)nc([C-](C)C)n1.[Y]. The first kappa shape index (κ1) is 16.5. The largest absolute Gasteiger partial charge is 0.347 e. The molecule has 0 aliphatic rings. The molecule has 0 fully saturated rings. The van der Waals surface area contributed by atoms with Crippen LogP contribution in [0.25, 0.3) is 0 Å². The molecular formula is C13H17N4SY-. The normalized spacial score (nSPS) is 11.6. The summed E-state index contributed by atoms with van der Waals surface area (Å²) in [7, 11) is 0. The van der Waals surface area contributed by atoms with Crippen LogP contribution in [0, 0.1) is 12.8 Å². The number of nitrogens with zero attached hydrogens (tertiary/aromatic N) is 3. The second-order valence-electron chi connectivity index (χ2n) is 4.41. The van der Waals surface area contributed by atoms with Crippen molar-refractivity contribution in [3.8, 4) is 0 Å². The summed E-state index contributed by atoms with van der Waals surface area (Å²) >= 11 is 1.73. The molecule has 2 heterocycles. The molecule has 0 aliphatic carbocycles. The first-order chi connectivity index (χ1) is 8.56. The van der Waals surface area contributed by atoms with Gasteiger partial charge in [-0.1, -0.05) is 6.07 Å². The van der Waals surface area contributed by atoms with E-state index in [9.17, 15) is 0 Å². The van der Waals surface area contributed by atoms with Crippen LogP contribution in [0.15, 0.2) is 17.5 Å². The number of hydrogen-bond donors (Lipinski definition) is 1. The summed E-state index contributed by atoms with van der Waals surface area (Å²) in [6, 6.07) is 4.36. The van der Waals surface area contributed by atoms with Crippen LogP contribution < -0.4 is 5.32 Å². The average Bonchev–Trinajstić information content (AvgIpc) is 2.81. The predicted octanol–water partition coefficient (Wildman–Crippen LogP) is 3.37. The zero-order valence-electron chi connectivity index (χ0n) is 11.6. The molecule has 0 saturated carbocycles. The summed E-state index contributed by atoms with van der Waals surface area (Å²) in [6.45, 7) is 7.99. The van der Waals surface area contributed by atoms with Gasteiger partial charge in [-0.15, -0.1) is 11.3 Å². The summed E-state index contributed by atoms with van der Waals surface area (Å²) in [5, 5.41) is 5.39. The molecule has 1 unspecified atom stereocenters. The van der Waals surface area contributed by atoms with Crippen LogP contribution in [0.1, 0.15) is 43.3 Å². The summed E-state index contributed by atoms with van der Waals surface area (Å²) in [6.07, 6.45) is 0. The number of rotatable bonds is 4. The maximum atomic E-state index is 4.42. The third-order valence-corrected chi connectivity index (χ3v) is 3.57. The Morgan fingerprint density at radius 1 is 1.26 bits per heavy atom. The van der Waals surface area contributed by atoms with E-state index in [0.29, 0.717) is 5.95 Å². The minimum absolute atomic E-state index is 0. The summed E-state index contributed by atoms with van der Waals surface area (Å²) in [5.74, 6) is 3.22. The van der Waals surface area contributed by atoms with E-state index in [1.165, 1.54) is 4.88 Å². The summed E-state index contributed by atoms with van der Waals surface area (Å²) in [4.78, 5) is 14.3. The van der Waals surface area contributed by atoms with E-state index in [-0.39, 0.29) is 38.8 Å². The van der Waals surface area contributed by atoms with E-state index < -0.39 is 0 Å². The third kappa shape index (κ3) is 4.51. The van der Waals surface area contributed by atoms with Crippen molar-refractivity contribution in [2.24, 2.45) is 0 Å². The molecule has 2 aromatic rings. The molecule has 0 bridgehead atoms. The molecule has 0 aromatic carbocycles. The average molecular weight is 350 g/mol. The molecule has 4 nitrogen and oxygen atoms in total. The third-order valence-electron chi connectivity index (χ3n) is 2.51. The molecule has 19 heavy (non-hydrogen) atoms. The van der Waals surface area contributed by atoms with Gasteiger partial charge in [0.15, 0.2) is 0 Å². The van der Waals surface area contributed by atoms with Gasteiger partial charge in [-0.05, 0) is 25.3 Å². The van der Waals surface area contributed by atoms with E-state index in [2.05, 4.69) is 38.6 Å². The molecule has 6 heteroatoms. The second-order valence-corrected chi connectivity index (χ2v) is 5.39. The number of nitrogens with one attached hydrogen (secondary N) is 1. The number of anilines is 1. The molecule has 99 valence electrons. The second kappa shape index (κ2) is 7.32. The smallest absolute Gasteiger partial charge is 0.224 e. The predicted molar refractivity (Wildman–Crippen MR) is 74.6 cm³/mol. The Kier molecular flexibility index (Phi) is 6.37. The maximum absolute atomic E-state index is 4.42. The fourth-order valence-corrected chi connectivity index (χ4v) is 2.31. The van der Waals surface area contributed by atoms with Gasteiger partial charge in [0.2, 0.25) is 5.95 Å². The van der Waals surface area contributed by atoms with Crippen molar-refractivity contribution in [2.75, 3.05) is 5.32 Å². The Balaban J connectivity index is 0.00000180. The van der Waals surface area contributed by atoms with Crippen LogP contribution in [-0.4, -0.2) is 15.0 Å². The topological polar surface area (TPSA) is 50.7 Å². The molecule has 1 radical (unpaired) electrons. The van der Waals surface area contributed by atoms with Gasteiger partial charge in [-0.2, -0.15) is 18.8 Å². The molecule has 1 N–H and O–H groups in total. The first-order valence-electron chi connectivity index (χ1n) is 5.89. The Hall–Kier alpha value is -0.516. The van der Waals surface area contributed by atoms with Crippen LogP contribution in [-0.2, 0) is 32.7 Å². The molecule has 0 amide bonds. The first-order valence-corrected chi connectivity index (χ1v) is 6.77. The van der Waals surface area contributed by atoms with Crippen molar-refractivity contribution < 1.29 is 32.7 Å². The molecule has 2 rings (SSSR count). The maximum Gasteiger partial charge on any atom is 0.224 e. The van der Waals surface area contributed by atoms with E-state index >= 15 is 0 Å². The van der Waals surface area contributed by atoms with Gasteiger partial charge in [0.25, 0.3) is 0 Å². The zero-order chi connectivity index (χ0) is 13.1. The Bertz CT molecular complexity index is 513. The van der Waals surface area contributed by atoms with Gasteiger partial charge in [0, 0.05) is 43.4 Å². The number of aromatic nitrogens is 3. The monoisotopic (exact) mass is 350 g/mol. The molecule has 0 aliphatic heterocycles. The van der Waals surface area contributed by atoms with Crippen molar-refractivity contribution in [2.45, 2.75) is 33.7 Å². The molecule has 0 spiro atoms. The van der Waals surface area contributed by atoms with E-state index in [0.717, 1.165) is 17.6 Å². The van der Waals surface area contributed by atoms with E-state index in [1.807, 2.05) is 26.8 Å². The van der Waals surface area contributed by atoms with Crippen molar-refractivity contribution in [1.82, 2.24) is 15.0 Å². The zero-order valence-corrected chi connectivity index (χ0v) is 15.3. The number of aryl methyl sites for hydroxylation is 1. The minimum Gasteiger partial charge on any atom is -0.347 e. The summed E-state index contributed by atoms with van der Waals surface area (Å²) < 4.78 is 0. The van der Waals surface area contributed by atoms with E-state index in [4.69, 9.17) is 0 Å². The van der Waals surface area contributed by atoms with Crippen molar-refractivity contribution in [3.63, 3.8) is 0 Å². The van der Waals surface area contributed by atoms with Crippen molar-refractivity contribution in [3.05, 3.63) is 40.0 Å². The fourth-order valence-electron chi connectivity index (χ4n) is 1.57. The number of thiophene rings is 1. The van der Waals surface area contributed by atoms with Gasteiger partial charge in [-0.25, -0.2) is 4.98 Å². The van der Waals surface area contributed by atoms with Crippen LogP contribution >= 0.6 is 11.3 Å². The Morgan fingerprint density at radius 2 is 2.00 bits per heavy atom. The van der Waals surface area contributed by atoms with Crippen LogP contribution in [0.3, 0.4) is 0 Å². The van der Waals surface area contributed by atoms with Gasteiger partial charge in [0.05, 0.1) is 6.04 Å². The van der Waals surface area contributed by atoms with Gasteiger partial charge in [-0.3, -0.25) is 4.98 Å². The van der Waals surface area contributed by atoms with Gasteiger partial charge < -0.3 is 11.2 Å². The van der Waals surface area contributed by atoms with Crippen LogP contribution in [0.5, 0.6) is 0 Å². The Morgan fingerprint density at radius 3 is 2.58 bits per heavy atom. The molecule has 0 saturated heterocycles.